The van der Waals surface area contributed by atoms with E-state index in [9.17, 15) is 9.59 Å². The van der Waals surface area contributed by atoms with Gasteiger partial charge in [0.15, 0.2) is 5.78 Å². The quantitative estimate of drug-likeness (QED) is 0.723. The summed E-state index contributed by atoms with van der Waals surface area (Å²) >= 11 is 0. The average Bonchev–Trinajstić information content (AvgIpc) is 2.51. The maximum Gasteiger partial charge on any atom is 0.413 e. The molecule has 0 N–H and O–H groups in total. The highest BCUT2D eigenvalue weighted by Crippen LogP contribution is 2.29. The Morgan fingerprint density at radius 1 is 1.37 bits per heavy atom. The fraction of sp³-hybridized carbons (Fsp3) is 0.714. The average molecular weight is 269 g/mol. The molecule has 0 aliphatic carbocycles. The Bertz CT molecular complexity index is 393. The number of hydrogen-bond donors (Lipinski definition) is 0. The lowest BCUT2D eigenvalue weighted by Gasteiger charge is -2.34. The van der Waals surface area contributed by atoms with E-state index in [1.165, 1.54) is 11.0 Å². The van der Waals surface area contributed by atoms with Gasteiger partial charge in [0, 0.05) is 0 Å². The van der Waals surface area contributed by atoms with Crippen LogP contribution in [0.2, 0.25) is 0 Å². The Hall–Kier alpha value is -1.36. The van der Waals surface area contributed by atoms with E-state index in [1.807, 2.05) is 0 Å². The van der Waals surface area contributed by atoms with Gasteiger partial charge in [0.25, 0.3) is 0 Å². The predicted molar refractivity (Wildman–Crippen MR) is 71.7 cm³/mol. The van der Waals surface area contributed by atoms with Crippen molar-refractivity contribution < 1.29 is 19.1 Å². The van der Waals surface area contributed by atoms with Crippen LogP contribution in [0.1, 0.15) is 41.5 Å². The van der Waals surface area contributed by atoms with Crippen LogP contribution < -0.4 is 0 Å². The summed E-state index contributed by atoms with van der Waals surface area (Å²) in [6.07, 6.45) is 2.58. The molecule has 19 heavy (non-hydrogen) atoms. The van der Waals surface area contributed by atoms with E-state index in [0.717, 1.165) is 0 Å². The highest BCUT2D eigenvalue weighted by atomic mass is 16.6. The second-order valence-electron chi connectivity index (χ2n) is 6.03. The van der Waals surface area contributed by atoms with Crippen molar-refractivity contribution in [2.24, 2.45) is 0 Å². The van der Waals surface area contributed by atoms with Gasteiger partial charge in [-0.1, -0.05) is 6.08 Å². The molecule has 1 aliphatic rings. The molecule has 0 aromatic carbocycles. The van der Waals surface area contributed by atoms with E-state index < -0.39 is 23.5 Å². The van der Waals surface area contributed by atoms with E-state index in [1.54, 1.807) is 47.6 Å². The fourth-order valence-corrected chi connectivity index (χ4v) is 1.95. The van der Waals surface area contributed by atoms with Crippen LogP contribution in [0.3, 0.4) is 0 Å². The van der Waals surface area contributed by atoms with E-state index >= 15 is 0 Å². The van der Waals surface area contributed by atoms with E-state index in [-0.39, 0.29) is 12.4 Å². The summed E-state index contributed by atoms with van der Waals surface area (Å²) in [5, 5.41) is 0. The Kier molecular flexibility index (Phi) is 4.40. The molecule has 1 atom stereocenters. The smallest absolute Gasteiger partial charge is 0.413 e. The lowest BCUT2D eigenvalue weighted by Crippen LogP contribution is -2.51. The molecule has 5 nitrogen and oxygen atoms in total. The van der Waals surface area contributed by atoms with Crippen molar-refractivity contribution in [2.45, 2.75) is 58.9 Å². The van der Waals surface area contributed by atoms with Gasteiger partial charge in [-0.2, -0.15) is 0 Å². The van der Waals surface area contributed by atoms with Gasteiger partial charge in [-0.15, -0.1) is 0 Å². The third-order valence-electron chi connectivity index (χ3n) is 2.74. The zero-order valence-corrected chi connectivity index (χ0v) is 12.5. The van der Waals surface area contributed by atoms with Gasteiger partial charge in [-0.05, 0) is 47.6 Å². The van der Waals surface area contributed by atoms with Gasteiger partial charge < -0.3 is 9.47 Å². The predicted octanol–water partition coefficient (Wildman–Crippen LogP) is 2.50. The minimum Gasteiger partial charge on any atom is -0.444 e. The zero-order valence-electron chi connectivity index (χ0n) is 12.5. The summed E-state index contributed by atoms with van der Waals surface area (Å²) < 4.78 is 10.9. The molecule has 1 saturated heterocycles. The first-order chi connectivity index (χ1) is 8.58. The van der Waals surface area contributed by atoms with Crippen LogP contribution in [0.15, 0.2) is 12.2 Å². The van der Waals surface area contributed by atoms with Crippen LogP contribution in [-0.4, -0.2) is 40.8 Å². The first-order valence-corrected chi connectivity index (χ1v) is 6.41. The van der Waals surface area contributed by atoms with Crippen molar-refractivity contribution in [1.29, 1.82) is 0 Å². The summed E-state index contributed by atoms with van der Waals surface area (Å²) in [4.78, 5) is 25.6. The lowest BCUT2D eigenvalue weighted by atomic mass is 10.1. The number of carbonyl (C=O) groups excluding carboxylic acids is 2. The molecule has 1 amide bonds. The second kappa shape index (κ2) is 5.33. The number of hydrogen-bond acceptors (Lipinski definition) is 4. The molecular formula is C14H23NO4. The molecule has 1 rings (SSSR count). The molecule has 0 aromatic rings. The Morgan fingerprint density at radius 2 is 1.95 bits per heavy atom. The molecule has 1 fully saturated rings. The standard InChI is InChI=1S/C14H23NO4/c1-7-8-11(16)10-9-18-14(5,6)15(10)12(17)19-13(2,3)4/h7-8,10H,9H2,1-6H3/t10-/m1/s1. The maximum atomic E-state index is 12.2. The topological polar surface area (TPSA) is 55.8 Å². The van der Waals surface area contributed by atoms with Gasteiger partial charge in [0.05, 0.1) is 6.61 Å². The molecular weight excluding hydrogens is 246 g/mol. The SMILES string of the molecule is CC=CC(=O)[C@H]1COC(C)(C)N1C(=O)OC(C)(C)C. The molecule has 1 heterocycles. The monoisotopic (exact) mass is 269 g/mol. The third kappa shape index (κ3) is 3.80. The lowest BCUT2D eigenvalue weighted by molar-refractivity contribution is -0.120. The Labute approximate surface area is 114 Å². The first kappa shape index (κ1) is 15.7. The molecule has 0 spiro atoms. The zero-order chi connectivity index (χ0) is 14.8. The van der Waals surface area contributed by atoms with Crippen LogP contribution in [-0.2, 0) is 14.3 Å². The normalized spacial score (nSPS) is 22.8. The molecule has 0 aromatic heterocycles. The number of amides is 1. The number of ether oxygens (including phenoxy) is 2. The number of ketones is 1. The van der Waals surface area contributed by atoms with Crippen molar-refractivity contribution >= 4 is 11.9 Å². The summed E-state index contributed by atoms with van der Waals surface area (Å²) in [6.45, 7) is 10.8. The fourth-order valence-electron chi connectivity index (χ4n) is 1.95. The summed E-state index contributed by atoms with van der Waals surface area (Å²) in [7, 11) is 0. The highest BCUT2D eigenvalue weighted by molar-refractivity contribution is 5.96. The van der Waals surface area contributed by atoms with E-state index in [4.69, 9.17) is 9.47 Å². The van der Waals surface area contributed by atoms with Crippen molar-refractivity contribution in [3.63, 3.8) is 0 Å². The Morgan fingerprint density at radius 3 is 2.42 bits per heavy atom. The summed E-state index contributed by atoms with van der Waals surface area (Å²) in [6, 6.07) is -0.624. The van der Waals surface area contributed by atoms with Crippen LogP contribution in [0.4, 0.5) is 4.79 Å². The first-order valence-electron chi connectivity index (χ1n) is 6.41. The molecule has 0 saturated carbocycles. The van der Waals surface area contributed by atoms with Gasteiger partial charge in [-0.25, -0.2) is 4.79 Å². The van der Waals surface area contributed by atoms with Gasteiger partial charge >= 0.3 is 6.09 Å². The maximum absolute atomic E-state index is 12.2. The molecule has 5 heteroatoms. The van der Waals surface area contributed by atoms with E-state index in [2.05, 4.69) is 0 Å². The summed E-state index contributed by atoms with van der Waals surface area (Å²) in [5.41, 5.74) is -1.45. The summed E-state index contributed by atoms with van der Waals surface area (Å²) in [5.74, 6) is -0.154. The van der Waals surface area contributed by atoms with Crippen LogP contribution in [0.5, 0.6) is 0 Å². The van der Waals surface area contributed by atoms with Gasteiger partial charge in [0.2, 0.25) is 0 Å². The second-order valence-corrected chi connectivity index (χ2v) is 6.03. The molecule has 0 bridgehead atoms. The van der Waals surface area contributed by atoms with Crippen molar-refractivity contribution in [3.05, 3.63) is 12.2 Å². The van der Waals surface area contributed by atoms with Gasteiger partial charge in [0.1, 0.15) is 17.4 Å². The largest absolute Gasteiger partial charge is 0.444 e. The minimum atomic E-state index is -0.843. The molecule has 0 radical (unpaired) electrons. The van der Waals surface area contributed by atoms with Crippen LogP contribution in [0.25, 0.3) is 0 Å². The van der Waals surface area contributed by atoms with Gasteiger partial charge in [-0.3, -0.25) is 9.69 Å². The van der Waals surface area contributed by atoms with Crippen molar-refractivity contribution in [3.8, 4) is 0 Å². The number of carbonyl (C=O) groups is 2. The van der Waals surface area contributed by atoms with Crippen LogP contribution in [0, 0.1) is 0 Å². The third-order valence-corrected chi connectivity index (χ3v) is 2.74. The Balaban J connectivity index is 2.96. The molecule has 0 unspecified atom stereocenters. The minimum absolute atomic E-state index is 0.154. The highest BCUT2D eigenvalue weighted by Gasteiger charge is 2.47. The molecule has 1 aliphatic heterocycles. The van der Waals surface area contributed by atoms with Crippen molar-refractivity contribution in [1.82, 2.24) is 4.90 Å². The number of nitrogens with zero attached hydrogens (tertiary/aromatic N) is 1. The number of rotatable bonds is 2. The number of allylic oxidation sites excluding steroid dienone is 1. The van der Waals surface area contributed by atoms with Crippen LogP contribution >= 0.6 is 0 Å². The molecule has 108 valence electrons. The van der Waals surface area contributed by atoms with Crippen molar-refractivity contribution in [2.75, 3.05) is 6.61 Å². The van der Waals surface area contributed by atoms with E-state index in [0.29, 0.717) is 0 Å².